The van der Waals surface area contributed by atoms with Gasteiger partial charge in [-0.3, -0.25) is 0 Å². The van der Waals surface area contributed by atoms with E-state index in [0.29, 0.717) is 12.2 Å². The van der Waals surface area contributed by atoms with Crippen molar-refractivity contribution in [2.24, 2.45) is 5.92 Å². The van der Waals surface area contributed by atoms with Gasteiger partial charge in [-0.25, -0.2) is 0 Å². The van der Waals surface area contributed by atoms with E-state index < -0.39 is 0 Å². The SMILES string of the molecule is N#[N+]CC(Cc1ccccc1)Cc1ccc([N+]#N)cc1. The van der Waals surface area contributed by atoms with E-state index in [1.165, 1.54) is 5.56 Å². The van der Waals surface area contributed by atoms with E-state index in [2.05, 4.69) is 22.1 Å². The van der Waals surface area contributed by atoms with E-state index >= 15 is 0 Å². The van der Waals surface area contributed by atoms with E-state index in [1.807, 2.05) is 30.3 Å². The van der Waals surface area contributed by atoms with E-state index in [-0.39, 0.29) is 5.92 Å². The molecule has 0 radical (unpaired) electrons. The molecule has 0 fully saturated rings. The summed E-state index contributed by atoms with van der Waals surface area (Å²) >= 11 is 0. The predicted octanol–water partition coefficient (Wildman–Crippen LogP) is 4.43. The molecule has 2 aromatic rings. The minimum Gasteiger partial charge on any atom is -0.0622 e. The van der Waals surface area contributed by atoms with Gasteiger partial charge >= 0.3 is 12.2 Å². The van der Waals surface area contributed by atoms with Gasteiger partial charge < -0.3 is 0 Å². The Morgan fingerprint density at radius 1 is 0.800 bits per heavy atom. The van der Waals surface area contributed by atoms with Crippen LogP contribution in [0.25, 0.3) is 9.95 Å². The summed E-state index contributed by atoms with van der Waals surface area (Å²) in [5.41, 5.74) is 2.92. The molecule has 4 nitrogen and oxygen atoms in total. The van der Waals surface area contributed by atoms with Gasteiger partial charge in [0.15, 0.2) is 4.98 Å². The summed E-state index contributed by atoms with van der Waals surface area (Å²) in [6, 6.07) is 17.6. The van der Waals surface area contributed by atoms with Crippen molar-refractivity contribution in [1.29, 1.82) is 10.8 Å². The van der Waals surface area contributed by atoms with Crippen molar-refractivity contribution in [3.63, 3.8) is 0 Å². The third kappa shape index (κ3) is 3.90. The first-order valence-corrected chi connectivity index (χ1v) is 6.60. The van der Waals surface area contributed by atoms with Crippen molar-refractivity contribution in [1.82, 2.24) is 0 Å². The lowest BCUT2D eigenvalue weighted by atomic mass is 9.92. The van der Waals surface area contributed by atoms with Gasteiger partial charge in [0.25, 0.3) is 0 Å². The molecule has 0 aliphatic carbocycles. The topological polar surface area (TPSA) is 56.3 Å². The van der Waals surface area contributed by atoms with Gasteiger partial charge in [0, 0.05) is 18.1 Å². The zero-order chi connectivity index (χ0) is 14.2. The summed E-state index contributed by atoms with van der Waals surface area (Å²) in [4.78, 5) is 6.44. The molecule has 0 aliphatic heterocycles. The number of rotatable bonds is 5. The van der Waals surface area contributed by atoms with Crippen molar-refractivity contribution >= 4 is 5.69 Å². The molecule has 0 amide bonds. The van der Waals surface area contributed by atoms with E-state index in [9.17, 15) is 0 Å². The Labute approximate surface area is 118 Å². The molecule has 0 aliphatic rings. The molecule has 4 heteroatoms. The zero-order valence-corrected chi connectivity index (χ0v) is 11.2. The Balaban J connectivity index is 2.05. The molecule has 98 valence electrons. The highest BCUT2D eigenvalue weighted by atomic mass is 14.8. The van der Waals surface area contributed by atoms with Crippen LogP contribution in [0.3, 0.4) is 0 Å². The Morgan fingerprint density at radius 3 is 1.95 bits per heavy atom. The maximum atomic E-state index is 8.85. The highest BCUT2D eigenvalue weighted by molar-refractivity contribution is 5.44. The molecule has 0 aromatic heterocycles. The largest absolute Gasteiger partial charge is 0.385 e. The molecule has 0 heterocycles. The molecule has 0 saturated heterocycles. The minimum atomic E-state index is 0.249. The first kappa shape index (κ1) is 13.7. The molecule has 0 saturated carbocycles. The van der Waals surface area contributed by atoms with Crippen molar-refractivity contribution in [2.75, 3.05) is 6.54 Å². The Morgan fingerprint density at radius 2 is 1.40 bits per heavy atom. The van der Waals surface area contributed by atoms with Crippen LogP contribution in [-0.4, -0.2) is 6.54 Å². The second-order valence-corrected chi connectivity index (χ2v) is 4.85. The molecule has 0 bridgehead atoms. The molecule has 1 atom stereocenters. The summed E-state index contributed by atoms with van der Waals surface area (Å²) in [5, 5.41) is 17.5. The standard InChI is InChI=1S/C16H16N4/c17-19-12-15(10-13-4-2-1-3-5-13)11-14-6-8-16(20-18)9-7-14/h1-9,15H,10-12H2/q+2. The average molecular weight is 264 g/mol. The van der Waals surface area contributed by atoms with Gasteiger partial charge in [-0.1, -0.05) is 42.5 Å². The fourth-order valence-corrected chi connectivity index (χ4v) is 2.30. The first-order chi connectivity index (χ1) is 9.81. The summed E-state index contributed by atoms with van der Waals surface area (Å²) in [6.45, 7) is 0.418. The molecule has 0 spiro atoms. The number of hydrogen-bond donors (Lipinski definition) is 0. The maximum Gasteiger partial charge on any atom is 0.385 e. The molecule has 2 rings (SSSR count). The number of hydrogen-bond acceptors (Lipinski definition) is 2. The Bertz CT molecular complexity index is 620. The fraction of sp³-hybridized carbons (Fsp3) is 0.250. The molecule has 0 N–H and O–H groups in total. The van der Waals surface area contributed by atoms with E-state index in [1.54, 1.807) is 12.1 Å². The summed E-state index contributed by atoms with van der Waals surface area (Å²) in [6.07, 6.45) is 1.70. The van der Waals surface area contributed by atoms with Crippen LogP contribution in [0.1, 0.15) is 11.1 Å². The monoisotopic (exact) mass is 264 g/mol. The van der Waals surface area contributed by atoms with Crippen molar-refractivity contribution in [3.05, 3.63) is 75.7 Å². The third-order valence-corrected chi connectivity index (χ3v) is 3.28. The second-order valence-electron chi connectivity index (χ2n) is 4.85. The van der Waals surface area contributed by atoms with Crippen LogP contribution in [0.15, 0.2) is 54.6 Å². The lowest BCUT2D eigenvalue weighted by molar-refractivity contribution is 0.559. The van der Waals surface area contributed by atoms with Crippen LogP contribution in [0.5, 0.6) is 0 Å². The lowest BCUT2D eigenvalue weighted by Crippen LogP contribution is -2.11. The fourth-order valence-electron chi connectivity index (χ4n) is 2.30. The molecule has 2 aromatic carbocycles. The number of benzene rings is 2. The van der Waals surface area contributed by atoms with Crippen LogP contribution >= 0.6 is 0 Å². The normalized spacial score (nSPS) is 11.3. The van der Waals surface area contributed by atoms with Gasteiger partial charge in [-0.15, -0.1) is 0 Å². The average Bonchev–Trinajstić information content (AvgIpc) is 2.49. The maximum absolute atomic E-state index is 8.85. The predicted molar refractivity (Wildman–Crippen MR) is 78.5 cm³/mol. The van der Waals surface area contributed by atoms with Gasteiger partial charge in [-0.05, 0) is 24.0 Å². The van der Waals surface area contributed by atoms with Gasteiger partial charge in [0.1, 0.15) is 4.98 Å². The number of nitrogens with zero attached hydrogens (tertiary/aromatic N) is 4. The summed E-state index contributed by atoms with van der Waals surface area (Å²) in [5.74, 6) is 0.249. The van der Waals surface area contributed by atoms with E-state index in [4.69, 9.17) is 10.8 Å². The molecule has 1 unspecified atom stereocenters. The van der Waals surface area contributed by atoms with Gasteiger partial charge in [0.2, 0.25) is 10.8 Å². The van der Waals surface area contributed by atoms with Gasteiger partial charge in [0.05, 0.1) is 0 Å². The van der Waals surface area contributed by atoms with E-state index in [0.717, 1.165) is 18.4 Å². The van der Waals surface area contributed by atoms with Crippen LogP contribution in [0.2, 0.25) is 0 Å². The van der Waals surface area contributed by atoms with Crippen LogP contribution in [-0.2, 0) is 12.8 Å². The Kier molecular flexibility index (Phi) is 4.81. The first-order valence-electron chi connectivity index (χ1n) is 6.60. The Hall–Kier alpha value is -2.72. The van der Waals surface area contributed by atoms with Crippen LogP contribution in [0, 0.1) is 16.7 Å². The quantitative estimate of drug-likeness (QED) is 0.750. The van der Waals surface area contributed by atoms with Crippen LogP contribution in [0.4, 0.5) is 5.69 Å². The lowest BCUT2D eigenvalue weighted by Gasteiger charge is -2.09. The molecular formula is C16H16N4+2. The van der Waals surface area contributed by atoms with Crippen molar-refractivity contribution < 1.29 is 0 Å². The summed E-state index contributed by atoms with van der Waals surface area (Å²) in [7, 11) is 0. The third-order valence-electron chi connectivity index (χ3n) is 3.28. The van der Waals surface area contributed by atoms with Crippen molar-refractivity contribution in [3.8, 4) is 0 Å². The zero-order valence-electron chi connectivity index (χ0n) is 11.2. The minimum absolute atomic E-state index is 0.249. The second kappa shape index (κ2) is 7.01. The smallest absolute Gasteiger partial charge is 0.0622 e. The summed E-state index contributed by atoms with van der Waals surface area (Å²) < 4.78 is 0. The van der Waals surface area contributed by atoms with Gasteiger partial charge in [-0.2, -0.15) is 0 Å². The molecule has 20 heavy (non-hydrogen) atoms. The van der Waals surface area contributed by atoms with Crippen LogP contribution < -0.4 is 0 Å². The highest BCUT2D eigenvalue weighted by Gasteiger charge is 2.17. The molecular weight excluding hydrogens is 248 g/mol. The highest BCUT2D eigenvalue weighted by Crippen LogP contribution is 2.18. The van der Waals surface area contributed by atoms with Crippen molar-refractivity contribution in [2.45, 2.75) is 12.8 Å². The number of diazo groups is 2.